The zero-order valence-corrected chi connectivity index (χ0v) is 12.0. The van der Waals surface area contributed by atoms with Crippen molar-refractivity contribution in [1.29, 1.82) is 0 Å². The number of hydrogen-bond acceptors (Lipinski definition) is 4. The van der Waals surface area contributed by atoms with Crippen molar-refractivity contribution in [2.75, 3.05) is 20.3 Å². The molecule has 0 radical (unpaired) electrons. The third kappa shape index (κ3) is 5.62. The fraction of sp³-hybridized carbons (Fsp3) is 0.615. The lowest BCUT2D eigenvalue weighted by Gasteiger charge is -2.19. The van der Waals surface area contributed by atoms with Crippen molar-refractivity contribution in [3.63, 3.8) is 0 Å². The van der Waals surface area contributed by atoms with E-state index < -0.39 is 0 Å². The summed E-state index contributed by atoms with van der Waals surface area (Å²) in [6.07, 6.45) is 0.944. The van der Waals surface area contributed by atoms with Crippen molar-refractivity contribution >= 4 is 17.2 Å². The van der Waals surface area contributed by atoms with E-state index in [1.54, 1.807) is 18.4 Å². The summed E-state index contributed by atoms with van der Waals surface area (Å²) in [5.41, 5.74) is 1.31. The maximum Gasteiger partial charge on any atom is 0.236 e. The van der Waals surface area contributed by atoms with Gasteiger partial charge in [0, 0.05) is 19.7 Å². The molecule has 0 aliphatic heterocycles. The molecule has 102 valence electrons. The van der Waals surface area contributed by atoms with Crippen LogP contribution in [-0.4, -0.2) is 38.3 Å². The normalized spacial score (nSPS) is 14.2. The Hall–Kier alpha value is -0.910. The quantitative estimate of drug-likeness (QED) is 0.702. The van der Waals surface area contributed by atoms with Crippen molar-refractivity contribution in [3.05, 3.63) is 22.4 Å². The molecule has 1 aromatic heterocycles. The second-order valence-electron chi connectivity index (χ2n) is 4.41. The number of hydrogen-bond donors (Lipinski definition) is 2. The highest BCUT2D eigenvalue weighted by atomic mass is 32.1. The summed E-state index contributed by atoms with van der Waals surface area (Å²) in [4.78, 5) is 11.7. The number of methoxy groups -OCH3 is 1. The molecule has 0 aliphatic rings. The van der Waals surface area contributed by atoms with E-state index in [0.717, 1.165) is 6.42 Å². The standard InChI is InChI=1S/C13H22N2O2S/c1-10(8-12-4-7-18-9-12)15-11(2)13(16)14-5-6-17-3/h4,7,9-11,15H,5-6,8H2,1-3H3,(H,14,16). The van der Waals surface area contributed by atoms with Crippen molar-refractivity contribution < 1.29 is 9.53 Å². The molecule has 1 heterocycles. The van der Waals surface area contributed by atoms with Crippen molar-refractivity contribution in [3.8, 4) is 0 Å². The largest absolute Gasteiger partial charge is 0.383 e. The summed E-state index contributed by atoms with van der Waals surface area (Å²) in [5, 5.41) is 10.3. The van der Waals surface area contributed by atoms with E-state index >= 15 is 0 Å². The lowest BCUT2D eigenvalue weighted by atomic mass is 10.1. The molecule has 1 aromatic rings. The summed E-state index contributed by atoms with van der Waals surface area (Å²) in [6, 6.07) is 2.21. The summed E-state index contributed by atoms with van der Waals surface area (Å²) in [5.74, 6) is 0.0178. The molecule has 18 heavy (non-hydrogen) atoms. The lowest BCUT2D eigenvalue weighted by Crippen LogP contribution is -2.46. The molecule has 2 unspecified atom stereocenters. The maximum absolute atomic E-state index is 11.7. The lowest BCUT2D eigenvalue weighted by molar-refractivity contribution is -0.123. The average Bonchev–Trinajstić information content (AvgIpc) is 2.81. The first-order valence-corrected chi connectivity index (χ1v) is 7.11. The molecule has 1 amide bonds. The molecule has 0 saturated carbocycles. The van der Waals surface area contributed by atoms with Crippen LogP contribution >= 0.6 is 11.3 Å². The van der Waals surface area contributed by atoms with Gasteiger partial charge < -0.3 is 15.4 Å². The number of carbonyl (C=O) groups is 1. The summed E-state index contributed by atoms with van der Waals surface area (Å²) >= 11 is 1.70. The van der Waals surface area contributed by atoms with E-state index in [0.29, 0.717) is 13.2 Å². The Morgan fingerprint density at radius 1 is 1.50 bits per heavy atom. The van der Waals surface area contributed by atoms with Crippen LogP contribution in [-0.2, 0) is 16.0 Å². The Balaban J connectivity index is 2.25. The first kappa shape index (κ1) is 15.1. The van der Waals surface area contributed by atoms with E-state index in [-0.39, 0.29) is 18.0 Å². The summed E-state index contributed by atoms with van der Waals surface area (Å²) in [7, 11) is 1.62. The molecule has 0 spiro atoms. The highest BCUT2D eigenvalue weighted by molar-refractivity contribution is 7.07. The Morgan fingerprint density at radius 2 is 2.28 bits per heavy atom. The minimum absolute atomic E-state index is 0.0178. The maximum atomic E-state index is 11.7. The smallest absolute Gasteiger partial charge is 0.236 e. The van der Waals surface area contributed by atoms with Crippen LogP contribution in [0, 0.1) is 0 Å². The van der Waals surface area contributed by atoms with Gasteiger partial charge in [0.25, 0.3) is 0 Å². The third-order valence-corrected chi connectivity index (χ3v) is 3.39. The SMILES string of the molecule is COCCNC(=O)C(C)NC(C)Cc1ccsc1. The van der Waals surface area contributed by atoms with E-state index in [2.05, 4.69) is 34.4 Å². The zero-order chi connectivity index (χ0) is 13.4. The Bertz CT molecular complexity index is 341. The van der Waals surface area contributed by atoms with Gasteiger partial charge in [0.2, 0.25) is 5.91 Å². The van der Waals surface area contributed by atoms with Gasteiger partial charge in [-0.1, -0.05) is 0 Å². The van der Waals surface area contributed by atoms with Gasteiger partial charge >= 0.3 is 0 Å². The van der Waals surface area contributed by atoms with E-state index in [9.17, 15) is 4.79 Å². The van der Waals surface area contributed by atoms with E-state index in [1.807, 2.05) is 6.92 Å². The monoisotopic (exact) mass is 270 g/mol. The number of amides is 1. The van der Waals surface area contributed by atoms with Gasteiger partial charge in [0.05, 0.1) is 12.6 Å². The van der Waals surface area contributed by atoms with Gasteiger partial charge in [-0.05, 0) is 42.7 Å². The first-order chi connectivity index (χ1) is 8.63. The molecule has 4 nitrogen and oxygen atoms in total. The van der Waals surface area contributed by atoms with Crippen LogP contribution in [0.25, 0.3) is 0 Å². The molecule has 5 heteroatoms. The zero-order valence-electron chi connectivity index (χ0n) is 11.2. The Kier molecular flexibility index (Phi) is 6.93. The van der Waals surface area contributed by atoms with Gasteiger partial charge in [-0.15, -0.1) is 0 Å². The van der Waals surface area contributed by atoms with Gasteiger partial charge in [-0.2, -0.15) is 11.3 Å². The van der Waals surface area contributed by atoms with Crippen LogP contribution < -0.4 is 10.6 Å². The molecule has 2 atom stereocenters. The van der Waals surface area contributed by atoms with Crippen LogP contribution in [0.2, 0.25) is 0 Å². The molecule has 0 bridgehead atoms. The Morgan fingerprint density at radius 3 is 2.89 bits per heavy atom. The second-order valence-corrected chi connectivity index (χ2v) is 5.19. The molecule has 1 rings (SSSR count). The fourth-order valence-corrected chi connectivity index (χ4v) is 2.43. The summed E-state index contributed by atoms with van der Waals surface area (Å²) < 4.78 is 4.89. The number of carbonyl (C=O) groups excluding carboxylic acids is 1. The molecular formula is C13H22N2O2S. The Labute approximate surface area is 113 Å². The highest BCUT2D eigenvalue weighted by Gasteiger charge is 2.14. The van der Waals surface area contributed by atoms with Crippen molar-refractivity contribution in [2.24, 2.45) is 0 Å². The predicted octanol–water partition coefficient (Wildman–Crippen LogP) is 1.42. The minimum Gasteiger partial charge on any atom is -0.383 e. The molecular weight excluding hydrogens is 248 g/mol. The first-order valence-electron chi connectivity index (χ1n) is 6.17. The van der Waals surface area contributed by atoms with Crippen LogP contribution in [0.1, 0.15) is 19.4 Å². The average molecular weight is 270 g/mol. The topological polar surface area (TPSA) is 50.4 Å². The van der Waals surface area contributed by atoms with E-state index in [4.69, 9.17) is 4.74 Å². The van der Waals surface area contributed by atoms with Crippen molar-refractivity contribution in [1.82, 2.24) is 10.6 Å². The molecule has 0 saturated heterocycles. The van der Waals surface area contributed by atoms with Gasteiger partial charge in [-0.3, -0.25) is 4.79 Å². The molecule has 2 N–H and O–H groups in total. The van der Waals surface area contributed by atoms with Crippen LogP contribution in [0.3, 0.4) is 0 Å². The van der Waals surface area contributed by atoms with Gasteiger partial charge in [-0.25, -0.2) is 0 Å². The minimum atomic E-state index is -0.185. The van der Waals surface area contributed by atoms with Crippen LogP contribution in [0.5, 0.6) is 0 Å². The van der Waals surface area contributed by atoms with Gasteiger partial charge in [0.1, 0.15) is 0 Å². The molecule has 0 aliphatic carbocycles. The third-order valence-electron chi connectivity index (χ3n) is 2.66. The number of nitrogens with one attached hydrogen (secondary N) is 2. The highest BCUT2D eigenvalue weighted by Crippen LogP contribution is 2.08. The number of rotatable bonds is 8. The molecule has 0 fully saturated rings. The molecule has 0 aromatic carbocycles. The predicted molar refractivity (Wildman–Crippen MR) is 75.0 cm³/mol. The fourth-order valence-electron chi connectivity index (χ4n) is 1.75. The van der Waals surface area contributed by atoms with E-state index in [1.165, 1.54) is 5.56 Å². The second kappa shape index (κ2) is 8.24. The van der Waals surface area contributed by atoms with Gasteiger partial charge in [0.15, 0.2) is 0 Å². The van der Waals surface area contributed by atoms with Crippen LogP contribution in [0.15, 0.2) is 16.8 Å². The van der Waals surface area contributed by atoms with Crippen molar-refractivity contribution in [2.45, 2.75) is 32.4 Å². The number of thiophene rings is 1. The number of ether oxygens (including phenoxy) is 1. The van der Waals surface area contributed by atoms with Crippen LogP contribution in [0.4, 0.5) is 0 Å². The summed E-state index contributed by atoms with van der Waals surface area (Å²) in [6.45, 7) is 5.08.